The summed E-state index contributed by atoms with van der Waals surface area (Å²) < 4.78 is 1.59. The van der Waals surface area contributed by atoms with Gasteiger partial charge in [0.05, 0.1) is 6.54 Å². The van der Waals surface area contributed by atoms with Crippen LogP contribution in [0.2, 0.25) is 0 Å². The Morgan fingerprint density at radius 3 is 2.33 bits per heavy atom. The van der Waals surface area contributed by atoms with Gasteiger partial charge >= 0.3 is 0 Å². The molecule has 0 fully saturated rings. The summed E-state index contributed by atoms with van der Waals surface area (Å²) in [6.07, 6.45) is 1.67. The molecule has 0 saturated heterocycles. The van der Waals surface area contributed by atoms with E-state index in [9.17, 15) is 9.59 Å². The average Bonchev–Trinajstić information content (AvgIpc) is 2.64. The molecule has 1 aromatic carbocycles. The van der Waals surface area contributed by atoms with E-state index in [1.807, 2.05) is 70.2 Å². The molecule has 0 radical (unpaired) electrons. The van der Waals surface area contributed by atoms with Gasteiger partial charge in [-0.05, 0) is 51.5 Å². The van der Waals surface area contributed by atoms with Crippen LogP contribution in [-0.4, -0.2) is 32.4 Å². The molecular weight excluding hydrogens is 338 g/mol. The van der Waals surface area contributed by atoms with Gasteiger partial charge in [-0.2, -0.15) is 0 Å². The number of hydrogen-bond acceptors (Lipinski definition) is 3. The molecule has 5 heteroatoms. The molecule has 5 nitrogen and oxygen atoms in total. The van der Waals surface area contributed by atoms with Crippen molar-refractivity contribution in [3.8, 4) is 0 Å². The van der Waals surface area contributed by atoms with E-state index >= 15 is 0 Å². The lowest BCUT2D eigenvalue weighted by Gasteiger charge is -2.30. The zero-order valence-electron chi connectivity index (χ0n) is 16.2. The Bertz CT molecular complexity index is 999. The van der Waals surface area contributed by atoms with Gasteiger partial charge in [0, 0.05) is 23.7 Å². The van der Waals surface area contributed by atoms with E-state index in [0.29, 0.717) is 12.2 Å². The van der Waals surface area contributed by atoms with Crippen LogP contribution in [0.4, 0.5) is 0 Å². The average molecular weight is 363 g/mol. The minimum atomic E-state index is -0.304. The van der Waals surface area contributed by atoms with Crippen molar-refractivity contribution in [3.63, 3.8) is 0 Å². The molecule has 27 heavy (non-hydrogen) atoms. The van der Waals surface area contributed by atoms with E-state index in [0.717, 1.165) is 10.9 Å². The number of fused-ring (bicyclic) bond motifs is 1. The molecule has 0 aliphatic heterocycles. The molecule has 0 bridgehead atoms. The maximum absolute atomic E-state index is 13.3. The van der Waals surface area contributed by atoms with E-state index in [2.05, 4.69) is 4.98 Å². The minimum Gasteiger partial charge on any atom is -0.334 e. The zero-order chi connectivity index (χ0) is 19.6. The van der Waals surface area contributed by atoms with Crippen molar-refractivity contribution < 1.29 is 4.79 Å². The molecule has 0 atom stereocenters. The predicted octanol–water partition coefficient (Wildman–Crippen LogP) is 3.70. The minimum absolute atomic E-state index is 0.00377. The van der Waals surface area contributed by atoms with Gasteiger partial charge in [-0.3, -0.25) is 14.2 Å². The van der Waals surface area contributed by atoms with Crippen molar-refractivity contribution in [2.45, 2.75) is 46.3 Å². The lowest BCUT2D eigenvalue weighted by molar-refractivity contribution is 0.0641. The molecule has 3 aromatic rings. The van der Waals surface area contributed by atoms with E-state index < -0.39 is 0 Å². The number of carbonyl (C=O) groups excluding carboxylic acids is 1. The van der Waals surface area contributed by atoms with Gasteiger partial charge in [0.2, 0.25) is 0 Å². The number of benzene rings is 1. The number of amides is 1. The van der Waals surface area contributed by atoms with Crippen LogP contribution in [-0.2, 0) is 6.54 Å². The standard InChI is InChI=1S/C22H25N3O2/c1-15(2)25(16(3)4)22(27)19-13-18-11-8-12-23-20(18)24(21(19)26)14-17-9-6-5-7-10-17/h5-13,15-16H,14H2,1-4H3. The normalized spacial score (nSPS) is 11.3. The third kappa shape index (κ3) is 3.77. The summed E-state index contributed by atoms with van der Waals surface area (Å²) in [6, 6.07) is 15.1. The first-order chi connectivity index (χ1) is 12.9. The summed E-state index contributed by atoms with van der Waals surface area (Å²) >= 11 is 0. The van der Waals surface area contributed by atoms with Crippen molar-refractivity contribution >= 4 is 16.9 Å². The summed E-state index contributed by atoms with van der Waals surface area (Å²) in [7, 11) is 0. The molecule has 0 spiro atoms. The van der Waals surface area contributed by atoms with Gasteiger partial charge in [-0.1, -0.05) is 30.3 Å². The highest BCUT2D eigenvalue weighted by Crippen LogP contribution is 2.16. The second-order valence-electron chi connectivity index (χ2n) is 7.25. The van der Waals surface area contributed by atoms with Crippen LogP contribution in [0.5, 0.6) is 0 Å². The Kier molecular flexibility index (Phi) is 5.40. The van der Waals surface area contributed by atoms with Crippen molar-refractivity contribution in [2.24, 2.45) is 0 Å². The molecule has 2 heterocycles. The van der Waals surface area contributed by atoms with Gasteiger partial charge in [-0.25, -0.2) is 4.98 Å². The Morgan fingerprint density at radius 2 is 1.70 bits per heavy atom. The summed E-state index contributed by atoms with van der Waals surface area (Å²) in [5.74, 6) is -0.238. The van der Waals surface area contributed by atoms with Gasteiger partial charge < -0.3 is 4.90 Å². The quantitative estimate of drug-likeness (QED) is 0.694. The summed E-state index contributed by atoms with van der Waals surface area (Å²) in [4.78, 5) is 32.6. The summed E-state index contributed by atoms with van der Waals surface area (Å²) in [6.45, 7) is 8.22. The second kappa shape index (κ2) is 7.74. The Labute approximate surface area is 159 Å². The highest BCUT2D eigenvalue weighted by molar-refractivity contribution is 5.97. The van der Waals surface area contributed by atoms with E-state index in [-0.39, 0.29) is 29.1 Å². The molecule has 3 rings (SSSR count). The second-order valence-corrected chi connectivity index (χ2v) is 7.25. The fraction of sp³-hybridized carbons (Fsp3) is 0.318. The van der Waals surface area contributed by atoms with Crippen LogP contribution >= 0.6 is 0 Å². The van der Waals surface area contributed by atoms with Crippen LogP contribution in [0.15, 0.2) is 59.5 Å². The molecule has 0 saturated carbocycles. The molecule has 2 aromatic heterocycles. The SMILES string of the molecule is CC(C)N(C(=O)c1cc2cccnc2n(Cc2ccccc2)c1=O)C(C)C. The van der Waals surface area contributed by atoms with Crippen molar-refractivity contribution in [3.05, 3.63) is 76.2 Å². The molecule has 0 N–H and O–H groups in total. The topological polar surface area (TPSA) is 55.2 Å². The predicted molar refractivity (Wildman–Crippen MR) is 108 cm³/mol. The van der Waals surface area contributed by atoms with Crippen molar-refractivity contribution in [1.82, 2.24) is 14.5 Å². The lowest BCUT2D eigenvalue weighted by Crippen LogP contribution is -2.44. The van der Waals surface area contributed by atoms with Crippen LogP contribution in [0.1, 0.15) is 43.6 Å². The first-order valence-electron chi connectivity index (χ1n) is 9.25. The van der Waals surface area contributed by atoms with Crippen LogP contribution < -0.4 is 5.56 Å². The molecule has 0 unspecified atom stereocenters. The number of pyridine rings is 2. The lowest BCUT2D eigenvalue weighted by atomic mass is 10.1. The van der Waals surface area contributed by atoms with E-state index in [1.54, 1.807) is 21.7 Å². The summed E-state index contributed by atoms with van der Waals surface area (Å²) in [5.41, 5.74) is 1.46. The van der Waals surface area contributed by atoms with Crippen molar-refractivity contribution in [2.75, 3.05) is 0 Å². The van der Waals surface area contributed by atoms with E-state index in [1.165, 1.54) is 0 Å². The molecular formula is C22H25N3O2. The highest BCUT2D eigenvalue weighted by Gasteiger charge is 2.25. The Balaban J connectivity index is 2.19. The highest BCUT2D eigenvalue weighted by atomic mass is 16.2. The fourth-order valence-corrected chi connectivity index (χ4v) is 3.48. The Hall–Kier alpha value is -2.95. The number of aromatic nitrogens is 2. The number of nitrogens with zero attached hydrogens (tertiary/aromatic N) is 3. The maximum atomic E-state index is 13.3. The summed E-state index contributed by atoms with van der Waals surface area (Å²) in [5, 5.41) is 0.781. The smallest absolute Gasteiger partial charge is 0.265 e. The number of rotatable bonds is 5. The molecule has 0 aliphatic rings. The van der Waals surface area contributed by atoms with Gasteiger partial charge in [-0.15, -0.1) is 0 Å². The third-order valence-electron chi connectivity index (χ3n) is 4.61. The van der Waals surface area contributed by atoms with Crippen LogP contribution in [0, 0.1) is 0 Å². The number of carbonyl (C=O) groups is 1. The van der Waals surface area contributed by atoms with Crippen LogP contribution in [0.3, 0.4) is 0 Å². The van der Waals surface area contributed by atoms with Gasteiger partial charge in [0.1, 0.15) is 11.2 Å². The van der Waals surface area contributed by atoms with Crippen LogP contribution in [0.25, 0.3) is 11.0 Å². The van der Waals surface area contributed by atoms with Crippen molar-refractivity contribution in [1.29, 1.82) is 0 Å². The zero-order valence-corrected chi connectivity index (χ0v) is 16.2. The maximum Gasteiger partial charge on any atom is 0.265 e. The first kappa shape index (κ1) is 18.8. The molecule has 0 aliphatic carbocycles. The van der Waals surface area contributed by atoms with Gasteiger partial charge in [0.15, 0.2) is 0 Å². The number of hydrogen-bond donors (Lipinski definition) is 0. The monoisotopic (exact) mass is 363 g/mol. The fourth-order valence-electron chi connectivity index (χ4n) is 3.48. The van der Waals surface area contributed by atoms with Gasteiger partial charge in [0.25, 0.3) is 11.5 Å². The molecule has 1 amide bonds. The third-order valence-corrected chi connectivity index (χ3v) is 4.61. The largest absolute Gasteiger partial charge is 0.334 e. The first-order valence-corrected chi connectivity index (χ1v) is 9.25. The molecule has 140 valence electrons. The van der Waals surface area contributed by atoms with E-state index in [4.69, 9.17) is 0 Å². The Morgan fingerprint density at radius 1 is 1.04 bits per heavy atom.